The number of piperidine rings is 1. The van der Waals surface area contributed by atoms with Crippen molar-refractivity contribution >= 4 is 11.8 Å². The van der Waals surface area contributed by atoms with Crippen molar-refractivity contribution in [3.05, 3.63) is 24.3 Å². The Balaban J connectivity index is 1.34. The third-order valence-electron chi connectivity index (χ3n) is 5.40. The molecular weight excluding hydrogens is 316 g/mol. The van der Waals surface area contributed by atoms with E-state index in [4.69, 9.17) is 0 Å². The van der Waals surface area contributed by atoms with Crippen LogP contribution in [0.3, 0.4) is 0 Å². The van der Waals surface area contributed by atoms with Crippen molar-refractivity contribution < 1.29 is 9.59 Å². The molecule has 25 heavy (non-hydrogen) atoms. The molecule has 1 aliphatic carbocycles. The highest BCUT2D eigenvalue weighted by Crippen LogP contribution is 2.27. The van der Waals surface area contributed by atoms with E-state index in [-0.39, 0.29) is 17.9 Å². The Kier molecular flexibility index (Phi) is 6.36. The normalized spacial score (nSPS) is 19.1. The molecule has 6 nitrogen and oxygen atoms in total. The van der Waals surface area contributed by atoms with Gasteiger partial charge in [-0.15, -0.1) is 0 Å². The molecule has 2 fully saturated rings. The minimum atomic E-state index is 0.180. The molecule has 1 saturated carbocycles. The molecule has 6 heteroatoms. The van der Waals surface area contributed by atoms with Crippen LogP contribution < -0.4 is 5.32 Å². The van der Waals surface area contributed by atoms with Gasteiger partial charge in [-0.3, -0.25) is 9.59 Å². The van der Waals surface area contributed by atoms with E-state index in [0.717, 1.165) is 31.5 Å². The van der Waals surface area contributed by atoms with E-state index in [1.54, 1.807) is 12.4 Å². The number of aryl methyl sites for hydroxylation is 1. The SMILES string of the molecule is O=C(CC1CCCC1)NC1CCN(C(=O)CCc2cncnc2)CC1. The summed E-state index contributed by atoms with van der Waals surface area (Å²) >= 11 is 0. The van der Waals surface area contributed by atoms with Gasteiger partial charge in [0, 0.05) is 44.4 Å². The van der Waals surface area contributed by atoms with Gasteiger partial charge in [-0.1, -0.05) is 12.8 Å². The number of hydrogen-bond acceptors (Lipinski definition) is 4. The first-order valence-electron chi connectivity index (χ1n) is 9.52. The lowest BCUT2D eigenvalue weighted by atomic mass is 10.0. The Bertz CT molecular complexity index is 564. The third kappa shape index (κ3) is 5.51. The van der Waals surface area contributed by atoms with Crippen LogP contribution >= 0.6 is 0 Å². The van der Waals surface area contributed by atoms with Crippen molar-refractivity contribution in [2.75, 3.05) is 13.1 Å². The number of rotatable bonds is 6. The van der Waals surface area contributed by atoms with Gasteiger partial charge >= 0.3 is 0 Å². The lowest BCUT2D eigenvalue weighted by molar-refractivity contribution is -0.132. The van der Waals surface area contributed by atoms with Gasteiger partial charge in [0.15, 0.2) is 0 Å². The quantitative estimate of drug-likeness (QED) is 0.857. The van der Waals surface area contributed by atoms with E-state index in [9.17, 15) is 9.59 Å². The average Bonchev–Trinajstić information content (AvgIpc) is 3.14. The maximum Gasteiger partial charge on any atom is 0.222 e. The van der Waals surface area contributed by atoms with Gasteiger partial charge in [0.25, 0.3) is 0 Å². The Morgan fingerprint density at radius 3 is 2.44 bits per heavy atom. The van der Waals surface area contributed by atoms with E-state index in [2.05, 4.69) is 15.3 Å². The zero-order chi connectivity index (χ0) is 17.5. The van der Waals surface area contributed by atoms with Crippen molar-refractivity contribution in [3.8, 4) is 0 Å². The number of nitrogens with zero attached hydrogens (tertiary/aromatic N) is 3. The summed E-state index contributed by atoms with van der Waals surface area (Å²) in [6.07, 6.45) is 13.5. The molecule has 1 N–H and O–H groups in total. The van der Waals surface area contributed by atoms with Crippen LogP contribution in [-0.4, -0.2) is 45.8 Å². The minimum absolute atomic E-state index is 0.180. The van der Waals surface area contributed by atoms with E-state index in [0.29, 0.717) is 25.2 Å². The number of aromatic nitrogens is 2. The molecular formula is C19H28N4O2. The zero-order valence-electron chi connectivity index (χ0n) is 14.8. The average molecular weight is 344 g/mol. The standard InChI is InChI=1S/C19H28N4O2/c24-18(11-15-3-1-2-4-15)22-17-7-9-23(10-8-17)19(25)6-5-16-12-20-14-21-13-16/h12-15,17H,1-11H2,(H,22,24). The second-order valence-corrected chi connectivity index (χ2v) is 7.32. The predicted octanol–water partition coefficient (Wildman–Crippen LogP) is 2.10. The first-order chi connectivity index (χ1) is 12.2. The first-order valence-corrected chi connectivity index (χ1v) is 9.52. The second kappa shape index (κ2) is 8.92. The molecule has 136 valence electrons. The summed E-state index contributed by atoms with van der Waals surface area (Å²) in [5.74, 6) is 0.962. The van der Waals surface area contributed by atoms with Crippen LogP contribution in [0.25, 0.3) is 0 Å². The number of likely N-dealkylation sites (tertiary alicyclic amines) is 1. The number of carbonyl (C=O) groups is 2. The van der Waals surface area contributed by atoms with Crippen LogP contribution in [0, 0.1) is 5.92 Å². The molecule has 0 aromatic carbocycles. The molecule has 1 aromatic heterocycles. The summed E-state index contributed by atoms with van der Waals surface area (Å²) in [6.45, 7) is 1.47. The lowest BCUT2D eigenvalue weighted by Crippen LogP contribution is -2.46. The van der Waals surface area contributed by atoms with Gasteiger partial charge in [0.2, 0.25) is 11.8 Å². The van der Waals surface area contributed by atoms with Crippen molar-refractivity contribution in [2.45, 2.75) is 63.8 Å². The Labute approximate surface area is 149 Å². The number of carbonyl (C=O) groups excluding carboxylic acids is 2. The maximum atomic E-state index is 12.3. The van der Waals surface area contributed by atoms with Gasteiger partial charge in [-0.2, -0.15) is 0 Å². The zero-order valence-corrected chi connectivity index (χ0v) is 14.8. The molecule has 0 unspecified atom stereocenters. The molecule has 0 spiro atoms. The second-order valence-electron chi connectivity index (χ2n) is 7.32. The summed E-state index contributed by atoms with van der Waals surface area (Å²) in [6, 6.07) is 0.223. The van der Waals surface area contributed by atoms with Gasteiger partial charge < -0.3 is 10.2 Å². The van der Waals surface area contributed by atoms with Gasteiger partial charge in [-0.25, -0.2) is 9.97 Å². The Morgan fingerprint density at radius 2 is 1.76 bits per heavy atom. The van der Waals surface area contributed by atoms with Crippen LogP contribution in [0.4, 0.5) is 0 Å². The Hall–Kier alpha value is -1.98. The molecule has 0 radical (unpaired) electrons. The summed E-state index contributed by atoms with van der Waals surface area (Å²) in [7, 11) is 0. The smallest absolute Gasteiger partial charge is 0.222 e. The monoisotopic (exact) mass is 344 g/mol. The third-order valence-corrected chi connectivity index (χ3v) is 5.40. The molecule has 2 heterocycles. The molecule has 1 aliphatic heterocycles. The first kappa shape index (κ1) is 17.8. The van der Waals surface area contributed by atoms with Gasteiger partial charge in [0.1, 0.15) is 6.33 Å². The number of hydrogen-bond donors (Lipinski definition) is 1. The van der Waals surface area contributed by atoms with Crippen LogP contribution in [0.5, 0.6) is 0 Å². The molecule has 1 saturated heterocycles. The summed E-state index contributed by atoms with van der Waals surface area (Å²) in [5.41, 5.74) is 0.991. The van der Waals surface area contributed by atoms with E-state index >= 15 is 0 Å². The lowest BCUT2D eigenvalue weighted by Gasteiger charge is -2.32. The summed E-state index contributed by atoms with van der Waals surface area (Å²) in [5, 5.41) is 3.17. The number of nitrogens with one attached hydrogen (secondary N) is 1. The van der Waals surface area contributed by atoms with E-state index < -0.39 is 0 Å². The van der Waals surface area contributed by atoms with Crippen LogP contribution in [0.2, 0.25) is 0 Å². The fourth-order valence-corrected chi connectivity index (χ4v) is 3.90. The highest BCUT2D eigenvalue weighted by molar-refractivity contribution is 5.77. The minimum Gasteiger partial charge on any atom is -0.353 e. The van der Waals surface area contributed by atoms with Crippen molar-refractivity contribution in [2.24, 2.45) is 5.92 Å². The molecule has 0 atom stereocenters. The maximum absolute atomic E-state index is 12.3. The largest absolute Gasteiger partial charge is 0.353 e. The topological polar surface area (TPSA) is 75.2 Å². The van der Waals surface area contributed by atoms with Crippen LogP contribution in [0.15, 0.2) is 18.7 Å². The van der Waals surface area contributed by atoms with E-state index in [1.807, 2.05) is 4.90 Å². The predicted molar refractivity (Wildman–Crippen MR) is 94.7 cm³/mol. The number of amides is 2. The summed E-state index contributed by atoms with van der Waals surface area (Å²) < 4.78 is 0. The van der Waals surface area contributed by atoms with Crippen molar-refractivity contribution in [3.63, 3.8) is 0 Å². The fraction of sp³-hybridized carbons (Fsp3) is 0.684. The molecule has 1 aromatic rings. The molecule has 2 amide bonds. The molecule has 3 rings (SSSR count). The van der Waals surface area contributed by atoms with Gasteiger partial charge in [-0.05, 0) is 43.6 Å². The Morgan fingerprint density at radius 1 is 1.08 bits per heavy atom. The molecule has 2 aliphatic rings. The van der Waals surface area contributed by atoms with Gasteiger partial charge in [0.05, 0.1) is 0 Å². The molecule has 0 bridgehead atoms. The highest BCUT2D eigenvalue weighted by Gasteiger charge is 2.25. The van der Waals surface area contributed by atoms with E-state index in [1.165, 1.54) is 32.0 Å². The van der Waals surface area contributed by atoms with Crippen LogP contribution in [-0.2, 0) is 16.0 Å². The van der Waals surface area contributed by atoms with Crippen LogP contribution in [0.1, 0.15) is 56.9 Å². The summed E-state index contributed by atoms with van der Waals surface area (Å²) in [4.78, 5) is 34.3. The highest BCUT2D eigenvalue weighted by atomic mass is 16.2. The fourth-order valence-electron chi connectivity index (χ4n) is 3.90. The van der Waals surface area contributed by atoms with Crippen molar-refractivity contribution in [1.29, 1.82) is 0 Å². The van der Waals surface area contributed by atoms with Crippen molar-refractivity contribution in [1.82, 2.24) is 20.2 Å².